The molecule has 0 saturated heterocycles. The van der Waals surface area contributed by atoms with Crippen LogP contribution >= 0.6 is 0 Å². The van der Waals surface area contributed by atoms with E-state index in [2.05, 4.69) is 79.8 Å². The van der Waals surface area contributed by atoms with Gasteiger partial charge in [-0.25, -0.2) is 0 Å². The maximum absolute atomic E-state index is 5.86. The summed E-state index contributed by atoms with van der Waals surface area (Å²) >= 11 is 0. The number of hydrogen-bond donors (Lipinski definition) is 1. The van der Waals surface area contributed by atoms with Gasteiger partial charge in [-0.3, -0.25) is 0 Å². The van der Waals surface area contributed by atoms with Crippen LogP contribution in [0.1, 0.15) is 30.9 Å². The SMILES string of the molecule is CNC(COC(C)C)C(c1ccccc1)c1ccccc1. The predicted octanol–water partition coefficient (Wildman–Crippen LogP) is 3.83. The minimum absolute atomic E-state index is 0.244. The summed E-state index contributed by atoms with van der Waals surface area (Å²) in [6.45, 7) is 4.85. The van der Waals surface area contributed by atoms with Crippen molar-refractivity contribution in [3.63, 3.8) is 0 Å². The molecule has 0 fully saturated rings. The van der Waals surface area contributed by atoms with Crippen molar-refractivity contribution in [2.75, 3.05) is 13.7 Å². The normalized spacial score (nSPS) is 12.8. The Balaban J connectivity index is 2.31. The minimum atomic E-state index is 0.244. The minimum Gasteiger partial charge on any atom is -0.377 e. The highest BCUT2D eigenvalue weighted by Gasteiger charge is 2.24. The second kappa shape index (κ2) is 7.96. The number of benzene rings is 2. The number of rotatable bonds is 7. The molecule has 2 aromatic carbocycles. The van der Waals surface area contributed by atoms with E-state index in [-0.39, 0.29) is 18.1 Å². The third-order valence-electron chi connectivity index (χ3n) is 3.70. The van der Waals surface area contributed by atoms with Crippen LogP contribution in [0, 0.1) is 0 Å². The first-order valence-electron chi connectivity index (χ1n) is 7.61. The van der Waals surface area contributed by atoms with Crippen molar-refractivity contribution in [2.24, 2.45) is 0 Å². The first kappa shape index (κ1) is 15.7. The molecule has 112 valence electrons. The van der Waals surface area contributed by atoms with Crippen molar-refractivity contribution in [2.45, 2.75) is 31.9 Å². The molecule has 1 unspecified atom stereocenters. The average molecular weight is 283 g/mol. The Labute approximate surface area is 128 Å². The fourth-order valence-electron chi connectivity index (χ4n) is 2.62. The second-order valence-corrected chi connectivity index (χ2v) is 5.58. The van der Waals surface area contributed by atoms with Gasteiger partial charge < -0.3 is 10.1 Å². The van der Waals surface area contributed by atoms with E-state index in [0.717, 1.165) is 0 Å². The summed E-state index contributed by atoms with van der Waals surface area (Å²) in [5.41, 5.74) is 2.63. The molecule has 2 rings (SSSR count). The zero-order chi connectivity index (χ0) is 15.1. The van der Waals surface area contributed by atoms with Gasteiger partial charge >= 0.3 is 0 Å². The Morgan fingerprint density at radius 2 is 1.33 bits per heavy atom. The predicted molar refractivity (Wildman–Crippen MR) is 88.7 cm³/mol. The zero-order valence-corrected chi connectivity index (χ0v) is 13.1. The molecule has 1 atom stereocenters. The molecule has 0 radical (unpaired) electrons. The molecule has 0 saturated carbocycles. The van der Waals surface area contributed by atoms with Crippen LogP contribution in [0.4, 0.5) is 0 Å². The van der Waals surface area contributed by atoms with Gasteiger partial charge in [0.05, 0.1) is 12.7 Å². The quantitative estimate of drug-likeness (QED) is 0.834. The third-order valence-corrected chi connectivity index (χ3v) is 3.70. The fourth-order valence-corrected chi connectivity index (χ4v) is 2.62. The summed E-state index contributed by atoms with van der Waals surface area (Å²) in [7, 11) is 2.01. The second-order valence-electron chi connectivity index (χ2n) is 5.58. The molecule has 0 aliphatic carbocycles. The number of ether oxygens (including phenoxy) is 1. The van der Waals surface area contributed by atoms with Gasteiger partial charge in [0, 0.05) is 12.0 Å². The molecule has 21 heavy (non-hydrogen) atoms. The van der Waals surface area contributed by atoms with Crippen LogP contribution in [0.3, 0.4) is 0 Å². The summed E-state index contributed by atoms with van der Waals surface area (Å²) < 4.78 is 5.86. The molecular formula is C19H25NO. The van der Waals surface area contributed by atoms with E-state index < -0.39 is 0 Å². The van der Waals surface area contributed by atoms with Crippen molar-refractivity contribution >= 4 is 0 Å². The average Bonchev–Trinajstić information content (AvgIpc) is 2.53. The lowest BCUT2D eigenvalue weighted by atomic mass is 9.85. The van der Waals surface area contributed by atoms with E-state index in [1.807, 2.05) is 7.05 Å². The van der Waals surface area contributed by atoms with Gasteiger partial charge in [0.1, 0.15) is 0 Å². The maximum atomic E-state index is 5.86. The highest BCUT2D eigenvalue weighted by Crippen LogP contribution is 2.28. The standard InChI is InChI=1S/C19H25NO/c1-15(2)21-14-18(20-3)19(16-10-6-4-7-11-16)17-12-8-5-9-13-17/h4-13,15,18-20H,14H2,1-3H3. The van der Waals surface area contributed by atoms with Crippen LogP contribution in [0.15, 0.2) is 60.7 Å². The summed E-state index contributed by atoms with van der Waals surface area (Å²) in [4.78, 5) is 0. The lowest BCUT2D eigenvalue weighted by molar-refractivity contribution is 0.0596. The Morgan fingerprint density at radius 1 is 0.857 bits per heavy atom. The molecular weight excluding hydrogens is 258 g/mol. The van der Waals surface area contributed by atoms with Gasteiger partial charge in [0.2, 0.25) is 0 Å². The van der Waals surface area contributed by atoms with E-state index in [1.54, 1.807) is 0 Å². The van der Waals surface area contributed by atoms with Gasteiger partial charge in [-0.2, -0.15) is 0 Å². The van der Waals surface area contributed by atoms with Gasteiger partial charge in [-0.15, -0.1) is 0 Å². The highest BCUT2D eigenvalue weighted by molar-refractivity contribution is 5.34. The first-order chi connectivity index (χ1) is 10.2. The molecule has 2 aromatic rings. The van der Waals surface area contributed by atoms with Crippen LogP contribution in [0.25, 0.3) is 0 Å². The molecule has 0 amide bonds. The Hall–Kier alpha value is -1.64. The zero-order valence-electron chi connectivity index (χ0n) is 13.1. The Bertz CT molecular complexity index is 470. The molecule has 1 N–H and O–H groups in total. The van der Waals surface area contributed by atoms with Gasteiger partial charge in [0.25, 0.3) is 0 Å². The molecule has 2 heteroatoms. The Kier molecular flexibility index (Phi) is 5.97. The Morgan fingerprint density at radius 3 is 1.71 bits per heavy atom. The van der Waals surface area contributed by atoms with Crippen LogP contribution in [0.5, 0.6) is 0 Å². The molecule has 0 aromatic heterocycles. The van der Waals surface area contributed by atoms with Crippen LogP contribution in [-0.4, -0.2) is 25.8 Å². The number of likely N-dealkylation sites (N-methyl/N-ethyl adjacent to an activating group) is 1. The summed E-state index contributed by atoms with van der Waals surface area (Å²) in [5, 5.41) is 3.43. The molecule has 0 bridgehead atoms. The molecule has 0 aliphatic rings. The lowest BCUT2D eigenvalue weighted by Crippen LogP contribution is -2.37. The van der Waals surface area contributed by atoms with E-state index in [4.69, 9.17) is 4.74 Å². The van der Waals surface area contributed by atoms with Crippen LogP contribution in [0.2, 0.25) is 0 Å². The van der Waals surface area contributed by atoms with Gasteiger partial charge in [0.15, 0.2) is 0 Å². The topological polar surface area (TPSA) is 21.3 Å². The van der Waals surface area contributed by atoms with Crippen molar-refractivity contribution < 1.29 is 4.74 Å². The monoisotopic (exact) mass is 283 g/mol. The van der Waals surface area contributed by atoms with E-state index in [1.165, 1.54) is 11.1 Å². The largest absolute Gasteiger partial charge is 0.377 e. The molecule has 0 spiro atoms. The third kappa shape index (κ3) is 4.42. The number of nitrogens with one attached hydrogen (secondary N) is 1. The summed E-state index contributed by atoms with van der Waals surface area (Å²) in [6.07, 6.45) is 0.244. The summed E-state index contributed by atoms with van der Waals surface area (Å²) in [6, 6.07) is 21.5. The van der Waals surface area contributed by atoms with Crippen molar-refractivity contribution in [1.82, 2.24) is 5.32 Å². The molecule has 0 heterocycles. The maximum Gasteiger partial charge on any atom is 0.0632 e. The van der Waals surface area contributed by atoms with E-state index in [9.17, 15) is 0 Å². The van der Waals surface area contributed by atoms with E-state index in [0.29, 0.717) is 6.61 Å². The van der Waals surface area contributed by atoms with Gasteiger partial charge in [-0.05, 0) is 32.0 Å². The number of hydrogen-bond acceptors (Lipinski definition) is 2. The van der Waals surface area contributed by atoms with Crippen molar-refractivity contribution in [1.29, 1.82) is 0 Å². The lowest BCUT2D eigenvalue weighted by Gasteiger charge is -2.28. The van der Waals surface area contributed by atoms with Crippen LogP contribution in [-0.2, 0) is 4.74 Å². The molecule has 2 nitrogen and oxygen atoms in total. The summed E-state index contributed by atoms with van der Waals surface area (Å²) in [5.74, 6) is 0.288. The molecule has 0 aliphatic heterocycles. The highest BCUT2D eigenvalue weighted by atomic mass is 16.5. The van der Waals surface area contributed by atoms with Crippen molar-refractivity contribution in [3.05, 3.63) is 71.8 Å². The van der Waals surface area contributed by atoms with Gasteiger partial charge in [-0.1, -0.05) is 60.7 Å². The first-order valence-corrected chi connectivity index (χ1v) is 7.61. The van der Waals surface area contributed by atoms with Crippen LogP contribution < -0.4 is 5.32 Å². The van der Waals surface area contributed by atoms with Crippen molar-refractivity contribution in [3.8, 4) is 0 Å². The van der Waals surface area contributed by atoms with E-state index >= 15 is 0 Å². The fraction of sp³-hybridized carbons (Fsp3) is 0.368. The smallest absolute Gasteiger partial charge is 0.0632 e.